The first-order chi connectivity index (χ1) is 6.76. The van der Waals surface area contributed by atoms with Gasteiger partial charge >= 0.3 is 0 Å². The van der Waals surface area contributed by atoms with Crippen molar-refractivity contribution >= 4 is 11.8 Å². The van der Waals surface area contributed by atoms with Crippen molar-refractivity contribution in [3.05, 3.63) is 0 Å². The molecule has 0 amide bonds. The van der Waals surface area contributed by atoms with Crippen LogP contribution >= 0.6 is 11.8 Å². The minimum absolute atomic E-state index is 0.0657. The first-order valence-electron chi connectivity index (χ1n) is 6.18. The summed E-state index contributed by atoms with van der Waals surface area (Å²) in [7, 11) is 0. The van der Waals surface area contributed by atoms with Gasteiger partial charge in [0, 0.05) is 16.0 Å². The molecule has 1 aliphatic rings. The Morgan fingerprint density at radius 1 is 1.20 bits per heavy atom. The summed E-state index contributed by atoms with van der Waals surface area (Å²) in [6.07, 6.45) is 3.98. The zero-order valence-corrected chi connectivity index (χ0v) is 11.8. The van der Waals surface area contributed by atoms with Gasteiger partial charge in [-0.05, 0) is 24.7 Å². The summed E-state index contributed by atoms with van der Waals surface area (Å²) in [6.45, 7) is 11.5. The highest BCUT2D eigenvalue weighted by Gasteiger charge is 2.40. The smallest absolute Gasteiger partial charge is 0.0298 e. The van der Waals surface area contributed by atoms with E-state index in [9.17, 15) is 0 Å². The van der Waals surface area contributed by atoms with Crippen molar-refractivity contribution in [3.8, 4) is 0 Å². The number of hydrogen-bond donors (Lipinski definition) is 1. The molecule has 2 heteroatoms. The first kappa shape index (κ1) is 13.4. The Hall–Kier alpha value is 0.310. The van der Waals surface area contributed by atoms with Crippen LogP contribution in [-0.4, -0.2) is 16.0 Å². The van der Waals surface area contributed by atoms with Gasteiger partial charge in [0.25, 0.3) is 0 Å². The average Bonchev–Trinajstić information content (AvgIpc) is 2.10. The molecule has 1 aliphatic carbocycles. The van der Waals surface area contributed by atoms with E-state index in [1.54, 1.807) is 0 Å². The molecule has 0 bridgehead atoms. The molecule has 0 aromatic rings. The minimum Gasteiger partial charge on any atom is -0.324 e. The van der Waals surface area contributed by atoms with Crippen molar-refractivity contribution in [2.45, 2.75) is 64.2 Å². The molecular formula is C13H27NS. The lowest BCUT2D eigenvalue weighted by Gasteiger charge is -2.45. The highest BCUT2D eigenvalue weighted by Crippen LogP contribution is 2.40. The largest absolute Gasteiger partial charge is 0.324 e. The highest BCUT2D eigenvalue weighted by atomic mass is 32.2. The summed E-state index contributed by atoms with van der Waals surface area (Å²) in [5, 5.41) is 0. The molecule has 0 unspecified atom stereocenters. The Labute approximate surface area is 99.6 Å². The van der Waals surface area contributed by atoms with E-state index in [2.05, 4.69) is 34.6 Å². The summed E-state index contributed by atoms with van der Waals surface area (Å²) >= 11 is 2.02. The fourth-order valence-corrected chi connectivity index (χ4v) is 3.63. The molecule has 1 nitrogen and oxygen atoms in total. The lowest BCUT2D eigenvalue weighted by atomic mass is 9.69. The predicted octanol–water partition coefficient (Wildman–Crippen LogP) is 3.67. The molecule has 1 rings (SSSR count). The van der Waals surface area contributed by atoms with E-state index in [-0.39, 0.29) is 5.54 Å². The monoisotopic (exact) mass is 229 g/mol. The summed E-state index contributed by atoms with van der Waals surface area (Å²) in [5.41, 5.74) is 6.70. The lowest BCUT2D eigenvalue weighted by Crippen LogP contribution is -2.56. The molecule has 0 aromatic heterocycles. The van der Waals surface area contributed by atoms with Crippen molar-refractivity contribution in [2.24, 2.45) is 17.6 Å². The van der Waals surface area contributed by atoms with Gasteiger partial charge in [-0.2, -0.15) is 11.8 Å². The summed E-state index contributed by atoms with van der Waals surface area (Å²) in [5.74, 6) is 2.46. The Morgan fingerprint density at radius 3 is 2.07 bits per heavy atom. The van der Waals surface area contributed by atoms with Crippen molar-refractivity contribution in [2.75, 3.05) is 5.75 Å². The van der Waals surface area contributed by atoms with Crippen LogP contribution in [-0.2, 0) is 0 Å². The Bertz CT molecular complexity index is 197. The second-order valence-corrected chi connectivity index (χ2v) is 8.05. The van der Waals surface area contributed by atoms with Gasteiger partial charge in [0.2, 0.25) is 0 Å². The Morgan fingerprint density at radius 2 is 1.67 bits per heavy atom. The van der Waals surface area contributed by atoms with E-state index in [0.717, 1.165) is 5.75 Å². The summed E-state index contributed by atoms with van der Waals surface area (Å²) in [4.78, 5) is 0. The molecule has 0 radical (unpaired) electrons. The number of nitrogens with two attached hydrogens (primary N) is 1. The van der Waals surface area contributed by atoms with E-state index in [4.69, 9.17) is 5.73 Å². The van der Waals surface area contributed by atoms with Crippen LogP contribution < -0.4 is 5.73 Å². The average molecular weight is 229 g/mol. The van der Waals surface area contributed by atoms with Crippen LogP contribution in [0.4, 0.5) is 0 Å². The normalized spacial score (nSPS) is 38.0. The molecule has 3 atom stereocenters. The highest BCUT2D eigenvalue weighted by molar-refractivity contribution is 8.00. The Kier molecular flexibility index (Phi) is 4.16. The van der Waals surface area contributed by atoms with E-state index in [1.165, 1.54) is 19.3 Å². The first-order valence-corrected chi connectivity index (χ1v) is 7.17. The molecule has 0 aliphatic heterocycles. The van der Waals surface area contributed by atoms with Gasteiger partial charge in [0.1, 0.15) is 0 Å². The fraction of sp³-hybridized carbons (Fsp3) is 1.00. The van der Waals surface area contributed by atoms with Crippen molar-refractivity contribution < 1.29 is 0 Å². The fourth-order valence-electron chi connectivity index (χ4n) is 2.38. The zero-order chi connectivity index (χ0) is 11.7. The third-order valence-corrected chi connectivity index (χ3v) is 5.37. The molecule has 0 heterocycles. The van der Waals surface area contributed by atoms with Gasteiger partial charge in [-0.15, -0.1) is 0 Å². The SMILES string of the molecule is C[C@@H]1CCC[C@H](C)[C@]1(N)CSC(C)(C)C. The number of hydrogen-bond acceptors (Lipinski definition) is 2. The molecule has 0 saturated heterocycles. The van der Waals surface area contributed by atoms with E-state index >= 15 is 0 Å². The molecule has 15 heavy (non-hydrogen) atoms. The van der Waals surface area contributed by atoms with Crippen molar-refractivity contribution in [1.29, 1.82) is 0 Å². The molecule has 0 aromatic carbocycles. The summed E-state index contributed by atoms with van der Waals surface area (Å²) in [6, 6.07) is 0. The van der Waals surface area contributed by atoms with Crippen LogP contribution in [0.3, 0.4) is 0 Å². The number of rotatable bonds is 2. The van der Waals surface area contributed by atoms with Gasteiger partial charge in [0.05, 0.1) is 0 Å². The van der Waals surface area contributed by atoms with Crippen molar-refractivity contribution in [1.82, 2.24) is 0 Å². The quantitative estimate of drug-likeness (QED) is 0.782. The van der Waals surface area contributed by atoms with Crippen LogP contribution in [0.25, 0.3) is 0 Å². The van der Waals surface area contributed by atoms with Crippen LogP contribution in [0.15, 0.2) is 0 Å². The van der Waals surface area contributed by atoms with Gasteiger partial charge in [-0.1, -0.05) is 41.0 Å². The predicted molar refractivity (Wildman–Crippen MR) is 71.3 cm³/mol. The van der Waals surface area contributed by atoms with E-state index in [0.29, 0.717) is 16.6 Å². The summed E-state index contributed by atoms with van der Waals surface area (Å²) < 4.78 is 0.337. The Balaban J connectivity index is 2.62. The molecule has 1 saturated carbocycles. The van der Waals surface area contributed by atoms with Crippen LogP contribution in [0.5, 0.6) is 0 Å². The van der Waals surface area contributed by atoms with Gasteiger partial charge < -0.3 is 5.73 Å². The maximum atomic E-state index is 6.63. The van der Waals surface area contributed by atoms with Gasteiger partial charge in [-0.3, -0.25) is 0 Å². The molecule has 90 valence electrons. The standard InChI is InChI=1S/C13H27NS/c1-10-7-6-8-11(2)13(10,14)9-15-12(3,4)5/h10-11H,6-9,14H2,1-5H3/t10-,11+,13+. The van der Waals surface area contributed by atoms with E-state index in [1.807, 2.05) is 11.8 Å². The van der Waals surface area contributed by atoms with Gasteiger partial charge in [-0.25, -0.2) is 0 Å². The minimum atomic E-state index is 0.0657. The molecular weight excluding hydrogens is 202 g/mol. The molecule has 1 fully saturated rings. The molecule has 0 spiro atoms. The second kappa shape index (κ2) is 4.67. The topological polar surface area (TPSA) is 26.0 Å². The van der Waals surface area contributed by atoms with Gasteiger partial charge in [0.15, 0.2) is 0 Å². The maximum absolute atomic E-state index is 6.63. The van der Waals surface area contributed by atoms with Crippen LogP contribution in [0, 0.1) is 11.8 Å². The van der Waals surface area contributed by atoms with E-state index < -0.39 is 0 Å². The third kappa shape index (κ3) is 3.39. The maximum Gasteiger partial charge on any atom is 0.0298 e. The second-order valence-electron chi connectivity index (χ2n) is 6.25. The third-order valence-electron chi connectivity index (χ3n) is 3.86. The lowest BCUT2D eigenvalue weighted by molar-refractivity contribution is 0.157. The zero-order valence-electron chi connectivity index (χ0n) is 11.0. The van der Waals surface area contributed by atoms with Crippen LogP contribution in [0.1, 0.15) is 53.9 Å². The van der Waals surface area contributed by atoms with Crippen molar-refractivity contribution in [3.63, 3.8) is 0 Å². The molecule has 2 N–H and O–H groups in total. The number of thioether (sulfide) groups is 1. The van der Waals surface area contributed by atoms with Crippen LogP contribution in [0.2, 0.25) is 0 Å².